The van der Waals surface area contributed by atoms with E-state index in [1.165, 1.54) is 5.39 Å². The lowest BCUT2D eigenvalue weighted by atomic mass is 10.1. The lowest BCUT2D eigenvalue weighted by Gasteiger charge is -2.23. The molecule has 1 N–H and O–H groups in total. The Kier molecular flexibility index (Phi) is 3.74. The number of aromatic nitrogens is 1. The van der Waals surface area contributed by atoms with Crippen molar-refractivity contribution in [2.24, 2.45) is 0 Å². The molecule has 1 fully saturated rings. The molecule has 0 spiro atoms. The molecule has 20 heavy (non-hydrogen) atoms. The topological polar surface area (TPSA) is 45.3 Å². The first-order valence-corrected chi connectivity index (χ1v) is 7.25. The zero-order chi connectivity index (χ0) is 13.9. The average Bonchev–Trinajstić information content (AvgIpc) is 3.14. The number of amides is 1. The van der Waals surface area contributed by atoms with Gasteiger partial charge in [-0.2, -0.15) is 0 Å². The molecule has 106 valence electrons. The molecular weight excluding hydrogens is 252 g/mol. The minimum absolute atomic E-state index is 0.121. The summed E-state index contributed by atoms with van der Waals surface area (Å²) in [6.07, 6.45) is 3.60. The number of hydrogen-bond acceptors (Lipinski definition) is 2. The maximum Gasteiger partial charge on any atom is 0.251 e. The number of nitrogens with zero attached hydrogens (tertiary/aromatic N) is 1. The fraction of sp³-hybridized carbons (Fsp3) is 0.438. The monoisotopic (exact) mass is 272 g/mol. The summed E-state index contributed by atoms with van der Waals surface area (Å²) in [6, 6.07) is 8.18. The van der Waals surface area contributed by atoms with E-state index in [2.05, 4.69) is 17.1 Å². The van der Waals surface area contributed by atoms with E-state index in [4.69, 9.17) is 4.74 Å². The van der Waals surface area contributed by atoms with Crippen LogP contribution in [-0.2, 0) is 16.1 Å². The second-order valence-electron chi connectivity index (χ2n) is 5.21. The largest absolute Gasteiger partial charge is 0.368 e. The highest BCUT2D eigenvalue weighted by molar-refractivity contribution is 5.85. The van der Waals surface area contributed by atoms with Gasteiger partial charge in [0.1, 0.15) is 6.10 Å². The molecule has 1 amide bonds. The summed E-state index contributed by atoms with van der Waals surface area (Å²) >= 11 is 0. The molecule has 0 bridgehead atoms. The number of likely N-dealkylation sites (N-methyl/N-ethyl adjacent to an activating group) is 1. The van der Waals surface area contributed by atoms with Crippen molar-refractivity contribution in [1.82, 2.24) is 9.88 Å². The van der Waals surface area contributed by atoms with E-state index in [-0.39, 0.29) is 12.0 Å². The van der Waals surface area contributed by atoms with Gasteiger partial charge in [-0.3, -0.25) is 4.79 Å². The van der Waals surface area contributed by atoms with Crippen LogP contribution in [0.2, 0.25) is 0 Å². The summed E-state index contributed by atoms with van der Waals surface area (Å²) in [6.45, 7) is 4.07. The third-order valence-corrected chi connectivity index (χ3v) is 3.93. The lowest BCUT2D eigenvalue weighted by Crippen LogP contribution is -2.38. The zero-order valence-electron chi connectivity index (χ0n) is 11.8. The van der Waals surface area contributed by atoms with Crippen molar-refractivity contribution >= 4 is 16.8 Å². The van der Waals surface area contributed by atoms with Gasteiger partial charge in [-0.1, -0.05) is 18.2 Å². The second-order valence-corrected chi connectivity index (χ2v) is 5.21. The zero-order valence-corrected chi connectivity index (χ0v) is 11.8. The van der Waals surface area contributed by atoms with Crippen LogP contribution in [0.5, 0.6) is 0 Å². The summed E-state index contributed by atoms with van der Waals surface area (Å²) in [5, 5.41) is 1.19. The summed E-state index contributed by atoms with van der Waals surface area (Å²) in [5.41, 5.74) is 2.27. The summed E-state index contributed by atoms with van der Waals surface area (Å²) in [7, 11) is 0. The molecule has 3 rings (SSSR count). The average molecular weight is 272 g/mol. The number of H-pyrrole nitrogens is 1. The third-order valence-electron chi connectivity index (χ3n) is 3.93. The molecule has 0 saturated carbocycles. The number of hydrogen-bond donors (Lipinski definition) is 1. The normalized spacial score (nSPS) is 18.6. The second kappa shape index (κ2) is 5.67. The molecule has 1 aromatic heterocycles. The molecule has 1 atom stereocenters. The van der Waals surface area contributed by atoms with Crippen molar-refractivity contribution in [2.75, 3.05) is 13.2 Å². The maximum absolute atomic E-state index is 12.4. The molecule has 1 saturated heterocycles. The van der Waals surface area contributed by atoms with Crippen LogP contribution < -0.4 is 0 Å². The highest BCUT2D eigenvalue weighted by atomic mass is 16.5. The molecule has 0 radical (unpaired) electrons. The molecule has 1 aliphatic rings. The van der Waals surface area contributed by atoms with Gasteiger partial charge in [-0.05, 0) is 31.4 Å². The number of aromatic amines is 1. The van der Waals surface area contributed by atoms with E-state index in [0.717, 1.165) is 23.9 Å². The van der Waals surface area contributed by atoms with Crippen LogP contribution >= 0.6 is 0 Å². The Bertz CT molecular complexity index is 599. The Morgan fingerprint density at radius 3 is 3.05 bits per heavy atom. The molecule has 2 aromatic rings. The smallest absolute Gasteiger partial charge is 0.251 e. The van der Waals surface area contributed by atoms with Crippen molar-refractivity contribution in [1.29, 1.82) is 0 Å². The summed E-state index contributed by atoms with van der Waals surface area (Å²) in [4.78, 5) is 17.6. The summed E-state index contributed by atoms with van der Waals surface area (Å²) < 4.78 is 5.51. The number of rotatable bonds is 4. The molecule has 0 aliphatic carbocycles. The number of fused-ring (bicyclic) bond motifs is 1. The van der Waals surface area contributed by atoms with Crippen LogP contribution in [-0.4, -0.2) is 35.0 Å². The minimum atomic E-state index is -0.236. The predicted octanol–water partition coefficient (Wildman–Crippen LogP) is 2.70. The van der Waals surface area contributed by atoms with E-state index in [9.17, 15) is 4.79 Å². The van der Waals surface area contributed by atoms with Gasteiger partial charge >= 0.3 is 0 Å². The van der Waals surface area contributed by atoms with E-state index in [1.807, 2.05) is 30.2 Å². The number of benzene rings is 1. The number of carbonyl (C=O) groups excluding carboxylic acids is 1. The van der Waals surface area contributed by atoms with Gasteiger partial charge in [0, 0.05) is 36.8 Å². The van der Waals surface area contributed by atoms with E-state index < -0.39 is 0 Å². The first-order valence-electron chi connectivity index (χ1n) is 7.25. The van der Waals surface area contributed by atoms with Crippen molar-refractivity contribution in [2.45, 2.75) is 32.4 Å². The van der Waals surface area contributed by atoms with Gasteiger partial charge in [0.2, 0.25) is 0 Å². The van der Waals surface area contributed by atoms with Gasteiger partial charge in [0.25, 0.3) is 5.91 Å². The molecule has 1 aromatic carbocycles. The first kappa shape index (κ1) is 13.2. The Morgan fingerprint density at radius 1 is 1.45 bits per heavy atom. The highest BCUT2D eigenvalue weighted by Gasteiger charge is 2.27. The minimum Gasteiger partial charge on any atom is -0.368 e. The Morgan fingerprint density at radius 2 is 2.30 bits per heavy atom. The van der Waals surface area contributed by atoms with Crippen LogP contribution in [0.15, 0.2) is 30.5 Å². The highest BCUT2D eigenvalue weighted by Crippen LogP contribution is 2.21. The van der Waals surface area contributed by atoms with Gasteiger partial charge in [0.05, 0.1) is 0 Å². The van der Waals surface area contributed by atoms with Crippen LogP contribution in [0.25, 0.3) is 10.9 Å². The molecule has 2 heterocycles. The van der Waals surface area contributed by atoms with Gasteiger partial charge in [0.15, 0.2) is 0 Å². The maximum atomic E-state index is 12.4. The summed E-state index contributed by atoms with van der Waals surface area (Å²) in [5.74, 6) is 0.121. The number of ether oxygens (including phenoxy) is 1. The van der Waals surface area contributed by atoms with Crippen LogP contribution in [0.3, 0.4) is 0 Å². The van der Waals surface area contributed by atoms with Crippen LogP contribution in [0.4, 0.5) is 0 Å². The SMILES string of the molecule is CCN(Cc1c[nH]c2ccccc12)C(=O)[C@@H]1CCCO1. The molecule has 0 unspecified atom stereocenters. The molecule has 1 aliphatic heterocycles. The Labute approximate surface area is 118 Å². The Balaban J connectivity index is 1.78. The number of carbonyl (C=O) groups is 1. The van der Waals surface area contributed by atoms with Crippen molar-refractivity contribution in [3.8, 4) is 0 Å². The quantitative estimate of drug-likeness (QED) is 0.930. The van der Waals surface area contributed by atoms with E-state index in [1.54, 1.807) is 0 Å². The molecule has 4 heteroatoms. The fourth-order valence-electron chi connectivity index (χ4n) is 2.79. The van der Waals surface area contributed by atoms with Crippen molar-refractivity contribution < 1.29 is 9.53 Å². The standard InChI is InChI=1S/C16H20N2O2/c1-2-18(16(19)15-8-5-9-20-15)11-12-10-17-14-7-4-3-6-13(12)14/h3-4,6-7,10,15,17H,2,5,8-9,11H2,1H3/t15-/m0/s1. The van der Waals surface area contributed by atoms with Gasteiger partial charge in [-0.15, -0.1) is 0 Å². The van der Waals surface area contributed by atoms with Crippen molar-refractivity contribution in [3.05, 3.63) is 36.0 Å². The van der Waals surface area contributed by atoms with Gasteiger partial charge in [-0.25, -0.2) is 0 Å². The van der Waals surface area contributed by atoms with E-state index in [0.29, 0.717) is 19.7 Å². The van der Waals surface area contributed by atoms with Crippen LogP contribution in [0.1, 0.15) is 25.3 Å². The number of para-hydroxylation sites is 1. The Hall–Kier alpha value is -1.81. The lowest BCUT2D eigenvalue weighted by molar-refractivity contribution is -0.141. The first-order chi connectivity index (χ1) is 9.79. The molecule has 4 nitrogen and oxygen atoms in total. The van der Waals surface area contributed by atoms with Crippen LogP contribution in [0, 0.1) is 0 Å². The van der Waals surface area contributed by atoms with Crippen molar-refractivity contribution in [3.63, 3.8) is 0 Å². The predicted molar refractivity (Wildman–Crippen MR) is 78.4 cm³/mol. The third kappa shape index (κ3) is 2.43. The van der Waals surface area contributed by atoms with Gasteiger partial charge < -0.3 is 14.6 Å². The number of nitrogens with one attached hydrogen (secondary N) is 1. The molecular formula is C16H20N2O2. The van der Waals surface area contributed by atoms with E-state index >= 15 is 0 Å². The fourth-order valence-corrected chi connectivity index (χ4v) is 2.79.